The highest BCUT2D eigenvalue weighted by Crippen LogP contribution is 2.40. The number of benzene rings is 1. The van der Waals surface area contributed by atoms with Gasteiger partial charge in [0.15, 0.2) is 6.20 Å². The summed E-state index contributed by atoms with van der Waals surface area (Å²) in [7, 11) is 2.18. The minimum atomic E-state index is 0.385. The Balaban J connectivity index is 1.95. The van der Waals surface area contributed by atoms with Crippen LogP contribution in [-0.2, 0) is 26.3 Å². The second-order valence-electron chi connectivity index (χ2n) is 9.54. The third kappa shape index (κ3) is 3.81. The van der Waals surface area contributed by atoms with Crippen molar-refractivity contribution in [1.29, 1.82) is 0 Å². The molecule has 0 amide bonds. The monoisotopic (exact) mass is 336 g/mol. The molecule has 1 nitrogen and oxygen atoms in total. The van der Waals surface area contributed by atoms with E-state index in [9.17, 15) is 0 Å². The van der Waals surface area contributed by atoms with E-state index < -0.39 is 0 Å². The van der Waals surface area contributed by atoms with Gasteiger partial charge in [-0.25, -0.2) is 4.57 Å². The van der Waals surface area contributed by atoms with Gasteiger partial charge in [-0.1, -0.05) is 40.7 Å². The van der Waals surface area contributed by atoms with Crippen LogP contribution in [0, 0.1) is 24.2 Å². The zero-order valence-electron chi connectivity index (χ0n) is 17.1. The molecule has 0 bridgehead atoms. The summed E-state index contributed by atoms with van der Waals surface area (Å²) >= 11 is 0. The van der Waals surface area contributed by atoms with Crippen molar-refractivity contribution >= 4 is 0 Å². The standard InChI is InChI=1S/C24H34N/c1-16(2)10-18-8-9-23(25(7)15-18)22-14-20-13-21(24(4,5)6)12-19(20)11-17(22)3/h8-9,11,14-16,21H,10,12-13H2,1-7H3/q+1. The van der Waals surface area contributed by atoms with Crippen LogP contribution in [0.15, 0.2) is 30.5 Å². The summed E-state index contributed by atoms with van der Waals surface area (Å²) in [6.07, 6.45) is 5.91. The fourth-order valence-corrected chi connectivity index (χ4v) is 4.22. The van der Waals surface area contributed by atoms with Crippen molar-refractivity contribution in [1.82, 2.24) is 0 Å². The Morgan fingerprint density at radius 1 is 1.08 bits per heavy atom. The molecule has 0 aliphatic heterocycles. The summed E-state index contributed by atoms with van der Waals surface area (Å²) < 4.78 is 2.31. The topological polar surface area (TPSA) is 3.88 Å². The summed E-state index contributed by atoms with van der Waals surface area (Å²) in [4.78, 5) is 0. The van der Waals surface area contributed by atoms with Crippen molar-refractivity contribution in [2.24, 2.45) is 24.3 Å². The summed E-state index contributed by atoms with van der Waals surface area (Å²) in [6, 6.07) is 9.52. The number of pyridine rings is 1. The first kappa shape index (κ1) is 18.2. The Labute approximate surface area is 154 Å². The number of hydrogen-bond acceptors (Lipinski definition) is 0. The molecule has 1 heterocycles. The maximum absolute atomic E-state index is 2.47. The lowest BCUT2D eigenvalue weighted by Crippen LogP contribution is -2.31. The fourth-order valence-electron chi connectivity index (χ4n) is 4.22. The zero-order chi connectivity index (χ0) is 18.4. The Bertz CT molecular complexity index is 777. The van der Waals surface area contributed by atoms with E-state index in [2.05, 4.69) is 83.6 Å². The molecule has 134 valence electrons. The number of nitrogens with zero attached hydrogens (tertiary/aromatic N) is 1. The first-order chi connectivity index (χ1) is 11.6. The third-order valence-electron chi connectivity index (χ3n) is 5.82. The van der Waals surface area contributed by atoms with Crippen molar-refractivity contribution < 1.29 is 4.57 Å². The normalized spacial score (nSPS) is 17.2. The van der Waals surface area contributed by atoms with Gasteiger partial charge in [-0.2, -0.15) is 0 Å². The number of fused-ring (bicyclic) bond motifs is 1. The van der Waals surface area contributed by atoms with Crippen molar-refractivity contribution in [3.8, 4) is 11.3 Å². The first-order valence-corrected chi connectivity index (χ1v) is 9.76. The van der Waals surface area contributed by atoms with Gasteiger partial charge in [0.1, 0.15) is 7.05 Å². The van der Waals surface area contributed by atoms with Crippen LogP contribution in [0.25, 0.3) is 11.3 Å². The molecule has 0 spiro atoms. The molecule has 0 saturated carbocycles. The number of aryl methyl sites for hydroxylation is 2. The van der Waals surface area contributed by atoms with Crippen LogP contribution in [0.2, 0.25) is 0 Å². The van der Waals surface area contributed by atoms with E-state index >= 15 is 0 Å². The van der Waals surface area contributed by atoms with Crippen LogP contribution in [0.4, 0.5) is 0 Å². The predicted octanol–water partition coefficient (Wildman–Crippen LogP) is 5.45. The maximum Gasteiger partial charge on any atom is 0.212 e. The smallest absolute Gasteiger partial charge is 0.201 e. The molecule has 0 fully saturated rings. The Hall–Kier alpha value is -1.63. The van der Waals surface area contributed by atoms with Gasteiger partial charge in [0.05, 0.1) is 0 Å². The second-order valence-corrected chi connectivity index (χ2v) is 9.54. The highest BCUT2D eigenvalue weighted by Gasteiger charge is 2.32. The molecule has 0 N–H and O–H groups in total. The maximum atomic E-state index is 2.47. The quantitative estimate of drug-likeness (QED) is 0.657. The van der Waals surface area contributed by atoms with Crippen molar-refractivity contribution in [2.75, 3.05) is 0 Å². The van der Waals surface area contributed by atoms with Crippen molar-refractivity contribution in [2.45, 2.75) is 60.8 Å². The molecule has 3 rings (SSSR count). The van der Waals surface area contributed by atoms with Gasteiger partial charge in [0.2, 0.25) is 5.69 Å². The van der Waals surface area contributed by atoms with Crippen LogP contribution in [0.5, 0.6) is 0 Å². The lowest BCUT2D eigenvalue weighted by atomic mass is 9.79. The third-order valence-corrected chi connectivity index (χ3v) is 5.82. The van der Waals surface area contributed by atoms with Gasteiger partial charge in [-0.15, -0.1) is 0 Å². The van der Waals surface area contributed by atoms with Gasteiger partial charge >= 0.3 is 0 Å². The summed E-state index contributed by atoms with van der Waals surface area (Å²) in [5.74, 6) is 1.46. The largest absolute Gasteiger partial charge is 0.212 e. The molecule has 0 saturated heterocycles. The average Bonchev–Trinajstić information content (AvgIpc) is 2.89. The van der Waals surface area contributed by atoms with Gasteiger partial charge in [0, 0.05) is 17.2 Å². The number of rotatable bonds is 3. The van der Waals surface area contributed by atoms with E-state index in [1.165, 1.54) is 35.2 Å². The van der Waals surface area contributed by atoms with E-state index in [0.29, 0.717) is 11.3 Å². The molecule has 1 heteroatoms. The highest BCUT2D eigenvalue weighted by atomic mass is 14.9. The minimum absolute atomic E-state index is 0.385. The molecule has 1 aliphatic carbocycles. The van der Waals surface area contributed by atoms with E-state index in [-0.39, 0.29) is 0 Å². The second kappa shape index (κ2) is 6.59. The minimum Gasteiger partial charge on any atom is -0.201 e. The van der Waals surface area contributed by atoms with E-state index in [1.807, 2.05) is 0 Å². The highest BCUT2D eigenvalue weighted by molar-refractivity contribution is 5.64. The van der Waals surface area contributed by atoms with Gasteiger partial charge in [-0.3, -0.25) is 0 Å². The van der Waals surface area contributed by atoms with Crippen LogP contribution >= 0.6 is 0 Å². The molecule has 1 unspecified atom stereocenters. The molecule has 25 heavy (non-hydrogen) atoms. The molecule has 2 aromatic rings. The predicted molar refractivity (Wildman–Crippen MR) is 107 cm³/mol. The van der Waals surface area contributed by atoms with E-state index in [1.54, 1.807) is 11.1 Å². The summed E-state index contributed by atoms with van der Waals surface area (Å²) in [5.41, 5.74) is 9.07. The van der Waals surface area contributed by atoms with Crippen LogP contribution in [-0.4, -0.2) is 0 Å². The lowest BCUT2D eigenvalue weighted by Gasteiger charge is -2.26. The molecule has 1 aromatic carbocycles. The number of aromatic nitrogens is 1. The molecule has 0 radical (unpaired) electrons. The molecular weight excluding hydrogens is 302 g/mol. The number of hydrogen-bond donors (Lipinski definition) is 0. The first-order valence-electron chi connectivity index (χ1n) is 9.76. The molecule has 1 aliphatic rings. The van der Waals surface area contributed by atoms with Crippen LogP contribution in [0.1, 0.15) is 56.9 Å². The summed E-state index contributed by atoms with van der Waals surface area (Å²) in [5, 5.41) is 0. The van der Waals surface area contributed by atoms with Gasteiger partial charge in [0.25, 0.3) is 0 Å². The fraction of sp³-hybridized carbons (Fsp3) is 0.542. The van der Waals surface area contributed by atoms with Crippen molar-refractivity contribution in [3.05, 3.63) is 52.7 Å². The van der Waals surface area contributed by atoms with E-state index in [4.69, 9.17) is 0 Å². The SMILES string of the molecule is Cc1cc2c(cc1-c1ccc(CC(C)C)c[n+]1C)CC(C(C)(C)C)C2. The lowest BCUT2D eigenvalue weighted by molar-refractivity contribution is -0.660. The van der Waals surface area contributed by atoms with Gasteiger partial charge < -0.3 is 0 Å². The Kier molecular flexibility index (Phi) is 4.79. The van der Waals surface area contributed by atoms with Crippen LogP contribution in [0.3, 0.4) is 0 Å². The zero-order valence-corrected chi connectivity index (χ0v) is 17.1. The molecule has 1 aromatic heterocycles. The summed E-state index contributed by atoms with van der Waals surface area (Å²) in [6.45, 7) is 14.0. The van der Waals surface area contributed by atoms with E-state index in [0.717, 1.165) is 12.3 Å². The Morgan fingerprint density at radius 2 is 1.72 bits per heavy atom. The Morgan fingerprint density at radius 3 is 2.28 bits per heavy atom. The average molecular weight is 337 g/mol. The van der Waals surface area contributed by atoms with Crippen molar-refractivity contribution in [3.63, 3.8) is 0 Å². The molecule has 1 atom stereocenters. The van der Waals surface area contributed by atoms with Gasteiger partial charge in [-0.05, 0) is 72.3 Å². The van der Waals surface area contributed by atoms with Crippen LogP contribution < -0.4 is 4.57 Å². The molecular formula is C24H34N+.